The molecule has 3 rings (SSSR count). The van der Waals surface area contributed by atoms with E-state index in [4.69, 9.17) is 0 Å². The number of benzene rings is 1. The number of likely N-dealkylation sites (tertiary alicyclic amines) is 1. The van der Waals surface area contributed by atoms with E-state index in [1.807, 2.05) is 0 Å². The van der Waals surface area contributed by atoms with Crippen molar-refractivity contribution >= 4 is 24.2 Å². The first-order valence-corrected chi connectivity index (χ1v) is 7.84. The maximum absolute atomic E-state index is 12.7. The summed E-state index contributed by atoms with van der Waals surface area (Å²) in [7, 11) is 0. The van der Waals surface area contributed by atoms with Crippen molar-refractivity contribution in [3.8, 4) is 0 Å². The Balaban J connectivity index is 0.00000225. The van der Waals surface area contributed by atoms with Gasteiger partial charge in [0, 0.05) is 24.2 Å². The summed E-state index contributed by atoms with van der Waals surface area (Å²) in [5.74, 6) is -0.888. The number of hydrogen-bond donors (Lipinski definition) is 2. The van der Waals surface area contributed by atoms with Crippen LogP contribution in [-0.2, 0) is 11.0 Å². The van der Waals surface area contributed by atoms with Crippen LogP contribution in [0.25, 0.3) is 0 Å². The van der Waals surface area contributed by atoms with Crippen LogP contribution in [0.2, 0.25) is 0 Å². The molecular weight excluding hydrogens is 359 g/mol. The second-order valence-electron chi connectivity index (χ2n) is 6.05. The minimum atomic E-state index is -4.51. The third-order valence-electron chi connectivity index (χ3n) is 4.57. The van der Waals surface area contributed by atoms with E-state index < -0.39 is 17.6 Å². The van der Waals surface area contributed by atoms with Gasteiger partial charge in [-0.25, -0.2) is 0 Å². The lowest BCUT2D eigenvalue weighted by Gasteiger charge is -2.23. The molecule has 1 aromatic carbocycles. The van der Waals surface area contributed by atoms with E-state index in [9.17, 15) is 22.8 Å². The molecule has 0 bridgehead atoms. The second kappa shape index (κ2) is 7.61. The van der Waals surface area contributed by atoms with Crippen molar-refractivity contribution in [2.75, 3.05) is 19.6 Å². The number of carbonyl (C=O) groups is 2. The van der Waals surface area contributed by atoms with Crippen molar-refractivity contribution in [3.63, 3.8) is 0 Å². The van der Waals surface area contributed by atoms with Crippen LogP contribution in [-0.4, -0.2) is 48.4 Å². The molecular formula is C16H19ClF3N3O2. The Morgan fingerprint density at radius 1 is 1.28 bits per heavy atom. The summed E-state index contributed by atoms with van der Waals surface area (Å²) in [5, 5.41) is 5.74. The topological polar surface area (TPSA) is 61.4 Å². The largest absolute Gasteiger partial charge is 0.416 e. The Morgan fingerprint density at radius 3 is 2.76 bits per heavy atom. The van der Waals surface area contributed by atoms with Gasteiger partial charge in [-0.1, -0.05) is 6.07 Å². The number of fused-ring (bicyclic) bond motifs is 1. The van der Waals surface area contributed by atoms with Crippen LogP contribution in [0.1, 0.15) is 28.8 Å². The van der Waals surface area contributed by atoms with Crippen LogP contribution in [0, 0.1) is 0 Å². The molecule has 2 saturated heterocycles. The fourth-order valence-corrected chi connectivity index (χ4v) is 3.37. The summed E-state index contributed by atoms with van der Waals surface area (Å²) < 4.78 is 38.0. The lowest BCUT2D eigenvalue weighted by Crippen LogP contribution is -2.44. The number of carbonyl (C=O) groups excluding carboxylic acids is 2. The first kappa shape index (κ1) is 19.5. The molecule has 0 saturated carbocycles. The Morgan fingerprint density at radius 2 is 2.04 bits per heavy atom. The fourth-order valence-electron chi connectivity index (χ4n) is 3.37. The second-order valence-corrected chi connectivity index (χ2v) is 6.05. The number of halogens is 4. The van der Waals surface area contributed by atoms with Crippen molar-refractivity contribution in [2.24, 2.45) is 0 Å². The van der Waals surface area contributed by atoms with Gasteiger partial charge in [-0.05, 0) is 37.6 Å². The molecule has 2 atom stereocenters. The summed E-state index contributed by atoms with van der Waals surface area (Å²) in [6.45, 7) is 1.30. The highest BCUT2D eigenvalue weighted by molar-refractivity contribution is 5.96. The lowest BCUT2D eigenvalue weighted by atomic mass is 10.1. The SMILES string of the molecule is Cl.O=C(NCC(=O)N1CCC2NCCC21)c1cccc(C(F)(F)F)c1. The molecule has 0 radical (unpaired) electrons. The van der Waals surface area contributed by atoms with Crippen molar-refractivity contribution < 1.29 is 22.8 Å². The molecule has 138 valence electrons. The van der Waals surface area contributed by atoms with E-state index in [1.165, 1.54) is 12.1 Å². The Labute approximate surface area is 149 Å². The van der Waals surface area contributed by atoms with Gasteiger partial charge >= 0.3 is 6.18 Å². The van der Waals surface area contributed by atoms with Gasteiger partial charge in [0.2, 0.25) is 5.91 Å². The third-order valence-corrected chi connectivity index (χ3v) is 4.57. The average molecular weight is 378 g/mol. The zero-order valence-corrected chi connectivity index (χ0v) is 14.1. The minimum absolute atomic E-state index is 0. The van der Waals surface area contributed by atoms with E-state index in [0.717, 1.165) is 31.5 Å². The summed E-state index contributed by atoms with van der Waals surface area (Å²) in [6.07, 6.45) is -2.73. The van der Waals surface area contributed by atoms with E-state index in [1.54, 1.807) is 4.90 Å². The molecule has 5 nitrogen and oxygen atoms in total. The molecule has 2 aliphatic heterocycles. The third kappa shape index (κ3) is 4.24. The van der Waals surface area contributed by atoms with Gasteiger partial charge in [0.25, 0.3) is 5.91 Å². The molecule has 2 fully saturated rings. The minimum Gasteiger partial charge on any atom is -0.343 e. The average Bonchev–Trinajstić information content (AvgIpc) is 3.14. The van der Waals surface area contributed by atoms with Crippen molar-refractivity contribution in [3.05, 3.63) is 35.4 Å². The standard InChI is InChI=1S/C16H18F3N3O2.ClH/c17-16(18,19)11-3-1-2-10(8-11)15(24)21-9-14(23)22-7-5-12-13(22)4-6-20-12;/h1-3,8,12-13,20H,4-7,9H2,(H,21,24);1H. The molecule has 0 spiro atoms. The molecule has 9 heteroatoms. The normalized spacial score (nSPS) is 22.3. The smallest absolute Gasteiger partial charge is 0.343 e. The Hall–Kier alpha value is -1.80. The highest BCUT2D eigenvalue weighted by Crippen LogP contribution is 2.29. The molecule has 0 aromatic heterocycles. The maximum atomic E-state index is 12.7. The number of nitrogens with one attached hydrogen (secondary N) is 2. The highest BCUT2D eigenvalue weighted by Gasteiger charge is 2.39. The van der Waals surface area contributed by atoms with Crippen LogP contribution in [0.4, 0.5) is 13.2 Å². The molecule has 1 aromatic rings. The Kier molecular flexibility index (Phi) is 5.95. The van der Waals surface area contributed by atoms with Gasteiger partial charge in [0.1, 0.15) is 0 Å². The first-order chi connectivity index (χ1) is 11.4. The molecule has 25 heavy (non-hydrogen) atoms. The van der Waals surface area contributed by atoms with Gasteiger partial charge in [-0.15, -0.1) is 12.4 Å². The maximum Gasteiger partial charge on any atom is 0.416 e. The molecule has 2 aliphatic rings. The summed E-state index contributed by atoms with van der Waals surface area (Å²) in [5.41, 5.74) is -1.000. The van der Waals surface area contributed by atoms with E-state index in [2.05, 4.69) is 10.6 Å². The van der Waals surface area contributed by atoms with E-state index >= 15 is 0 Å². The molecule has 0 aliphatic carbocycles. The van der Waals surface area contributed by atoms with E-state index in [-0.39, 0.29) is 36.5 Å². The molecule has 2 unspecified atom stereocenters. The summed E-state index contributed by atoms with van der Waals surface area (Å²) >= 11 is 0. The van der Waals surface area contributed by atoms with Gasteiger partial charge in [-0.2, -0.15) is 13.2 Å². The molecule has 2 heterocycles. The fraction of sp³-hybridized carbons (Fsp3) is 0.500. The van der Waals surface area contributed by atoms with Crippen molar-refractivity contribution in [1.82, 2.24) is 15.5 Å². The summed E-state index contributed by atoms with van der Waals surface area (Å²) in [6, 6.07) is 4.62. The predicted molar refractivity (Wildman–Crippen MR) is 87.6 cm³/mol. The van der Waals surface area contributed by atoms with Crippen molar-refractivity contribution in [2.45, 2.75) is 31.1 Å². The van der Waals surface area contributed by atoms with Crippen LogP contribution < -0.4 is 10.6 Å². The number of rotatable bonds is 3. The molecule has 2 amide bonds. The van der Waals surface area contributed by atoms with Gasteiger partial charge in [-0.3, -0.25) is 9.59 Å². The predicted octanol–water partition coefficient (Wildman–Crippen LogP) is 1.82. The highest BCUT2D eigenvalue weighted by atomic mass is 35.5. The van der Waals surface area contributed by atoms with Crippen molar-refractivity contribution in [1.29, 1.82) is 0 Å². The van der Waals surface area contributed by atoms with Crippen LogP contribution in [0.3, 0.4) is 0 Å². The van der Waals surface area contributed by atoms with Gasteiger partial charge in [0.05, 0.1) is 12.1 Å². The van der Waals surface area contributed by atoms with Gasteiger partial charge < -0.3 is 15.5 Å². The molecule has 2 N–H and O–H groups in total. The zero-order valence-electron chi connectivity index (χ0n) is 13.3. The lowest BCUT2D eigenvalue weighted by molar-refractivity contribution is -0.137. The monoisotopic (exact) mass is 377 g/mol. The Bertz CT molecular complexity index is 654. The number of hydrogen-bond acceptors (Lipinski definition) is 3. The van der Waals surface area contributed by atoms with Gasteiger partial charge in [0.15, 0.2) is 0 Å². The van der Waals surface area contributed by atoms with Crippen LogP contribution in [0.15, 0.2) is 24.3 Å². The summed E-state index contributed by atoms with van der Waals surface area (Å²) in [4.78, 5) is 26.0. The number of alkyl halides is 3. The number of amides is 2. The first-order valence-electron chi connectivity index (χ1n) is 7.84. The quantitative estimate of drug-likeness (QED) is 0.844. The zero-order chi connectivity index (χ0) is 17.3. The van der Waals surface area contributed by atoms with E-state index in [0.29, 0.717) is 12.6 Å². The van der Waals surface area contributed by atoms with Crippen LogP contribution >= 0.6 is 12.4 Å². The number of nitrogens with zero attached hydrogens (tertiary/aromatic N) is 1. The van der Waals surface area contributed by atoms with Crippen LogP contribution in [0.5, 0.6) is 0 Å².